The van der Waals surface area contributed by atoms with Gasteiger partial charge in [-0.25, -0.2) is 0 Å². The summed E-state index contributed by atoms with van der Waals surface area (Å²) in [4.78, 5) is 21.0. The predicted molar refractivity (Wildman–Crippen MR) is 70.8 cm³/mol. The largest absolute Gasteiger partial charge is 0.324 e. The topological polar surface area (TPSA) is 32.8 Å². The molecular formula is C15H24N2O2. The smallest absolute Gasteiger partial charge is 0.244 e. The molecule has 106 valence electrons. The van der Waals surface area contributed by atoms with Crippen molar-refractivity contribution in [2.75, 3.05) is 7.05 Å². The van der Waals surface area contributed by atoms with Gasteiger partial charge in [-0.15, -0.1) is 0 Å². The third-order valence-electron chi connectivity index (χ3n) is 6.56. The molecule has 0 aromatic heterocycles. The maximum Gasteiger partial charge on any atom is 0.244 e. The number of fused-ring (bicyclic) bond motifs is 7. The van der Waals surface area contributed by atoms with Gasteiger partial charge in [-0.3, -0.25) is 9.63 Å². The minimum absolute atomic E-state index is 0.0160. The van der Waals surface area contributed by atoms with Gasteiger partial charge in [0.2, 0.25) is 5.91 Å². The Balaban J connectivity index is 1.75. The summed E-state index contributed by atoms with van der Waals surface area (Å²) in [6, 6.07) is -0.0160. The lowest BCUT2D eigenvalue weighted by molar-refractivity contribution is -0.244. The Bertz CT molecular complexity index is 438. The van der Waals surface area contributed by atoms with Crippen LogP contribution in [0.3, 0.4) is 0 Å². The first kappa shape index (κ1) is 12.2. The summed E-state index contributed by atoms with van der Waals surface area (Å²) in [5.41, 5.74) is -0.286. The number of carbonyl (C=O) groups excluding carboxylic acids is 1. The summed E-state index contributed by atoms with van der Waals surface area (Å²) in [6.45, 7) is 6.51. The third kappa shape index (κ3) is 1.21. The monoisotopic (exact) mass is 264 g/mol. The van der Waals surface area contributed by atoms with E-state index in [2.05, 4.69) is 25.8 Å². The number of rotatable bonds is 1. The minimum Gasteiger partial charge on any atom is -0.324 e. The molecule has 2 aliphatic carbocycles. The first-order valence-electron chi connectivity index (χ1n) is 7.70. The first-order chi connectivity index (χ1) is 8.96. The van der Waals surface area contributed by atoms with Crippen LogP contribution in [-0.4, -0.2) is 40.7 Å². The van der Waals surface area contributed by atoms with Gasteiger partial charge in [0.25, 0.3) is 0 Å². The standard InChI is InChI=1S/C15H24N2O2/c1-8(2)15(3)16(4)14(18)12-11-9-5-6-10(7-9)13(11)19-17(12)15/h8-13H,5-7H2,1-4H3/t9-,10+,11-,12+,13-,15+/m1/s1. The zero-order valence-electron chi connectivity index (χ0n) is 12.3. The van der Waals surface area contributed by atoms with Gasteiger partial charge in [0.1, 0.15) is 11.7 Å². The molecule has 0 spiro atoms. The second-order valence-electron chi connectivity index (χ2n) is 7.40. The molecule has 4 fully saturated rings. The Kier molecular flexibility index (Phi) is 2.26. The van der Waals surface area contributed by atoms with Crippen LogP contribution in [0, 0.1) is 23.7 Å². The molecule has 1 amide bonds. The van der Waals surface area contributed by atoms with Crippen LogP contribution < -0.4 is 0 Å². The van der Waals surface area contributed by atoms with Crippen LogP contribution in [0.2, 0.25) is 0 Å². The number of hydrogen-bond acceptors (Lipinski definition) is 3. The number of likely N-dealkylation sites (N-methyl/N-ethyl adjacent to an activating group) is 1. The predicted octanol–water partition coefficient (Wildman–Crippen LogP) is 1.86. The van der Waals surface area contributed by atoms with E-state index in [1.807, 2.05) is 11.9 Å². The van der Waals surface area contributed by atoms with Gasteiger partial charge in [-0.2, -0.15) is 5.06 Å². The average Bonchev–Trinajstić information content (AvgIpc) is 3.07. The van der Waals surface area contributed by atoms with Gasteiger partial charge in [-0.05, 0) is 43.9 Å². The van der Waals surface area contributed by atoms with Crippen molar-refractivity contribution in [1.82, 2.24) is 9.96 Å². The van der Waals surface area contributed by atoms with Gasteiger partial charge < -0.3 is 4.90 Å². The van der Waals surface area contributed by atoms with Crippen LogP contribution in [0.1, 0.15) is 40.0 Å². The zero-order chi connectivity index (χ0) is 13.5. The van der Waals surface area contributed by atoms with Crippen molar-refractivity contribution in [3.63, 3.8) is 0 Å². The van der Waals surface area contributed by atoms with E-state index in [9.17, 15) is 4.79 Å². The Morgan fingerprint density at radius 3 is 2.68 bits per heavy atom. The Morgan fingerprint density at radius 1 is 1.32 bits per heavy atom. The van der Waals surface area contributed by atoms with E-state index >= 15 is 0 Å². The molecule has 2 bridgehead atoms. The third-order valence-corrected chi connectivity index (χ3v) is 6.56. The highest BCUT2D eigenvalue weighted by Crippen LogP contribution is 2.59. The molecule has 0 aromatic rings. The summed E-state index contributed by atoms with van der Waals surface area (Å²) < 4.78 is 0. The van der Waals surface area contributed by atoms with Crippen molar-refractivity contribution in [2.24, 2.45) is 23.7 Å². The number of hydrogen-bond donors (Lipinski definition) is 0. The fourth-order valence-electron chi connectivity index (χ4n) is 5.09. The highest BCUT2D eigenvalue weighted by Gasteiger charge is 2.68. The Labute approximate surface area is 115 Å². The van der Waals surface area contributed by atoms with E-state index in [-0.39, 0.29) is 17.6 Å². The lowest BCUT2D eigenvalue weighted by Crippen LogP contribution is -2.54. The zero-order valence-corrected chi connectivity index (χ0v) is 12.3. The first-order valence-corrected chi connectivity index (χ1v) is 7.70. The molecule has 4 heteroatoms. The molecule has 2 heterocycles. The van der Waals surface area contributed by atoms with Crippen LogP contribution in [0.5, 0.6) is 0 Å². The summed E-state index contributed by atoms with van der Waals surface area (Å²) >= 11 is 0. The van der Waals surface area contributed by atoms with Crippen LogP contribution in [0.15, 0.2) is 0 Å². The second-order valence-corrected chi connectivity index (χ2v) is 7.40. The minimum atomic E-state index is -0.286. The van der Waals surface area contributed by atoms with Crippen LogP contribution >= 0.6 is 0 Å². The molecule has 0 radical (unpaired) electrons. The van der Waals surface area contributed by atoms with Gasteiger partial charge in [-0.1, -0.05) is 13.8 Å². The molecule has 19 heavy (non-hydrogen) atoms. The summed E-state index contributed by atoms with van der Waals surface area (Å²) in [7, 11) is 1.94. The van der Waals surface area contributed by atoms with E-state index in [1.54, 1.807) is 0 Å². The molecule has 2 saturated heterocycles. The molecule has 6 atom stereocenters. The fourth-order valence-corrected chi connectivity index (χ4v) is 5.09. The summed E-state index contributed by atoms with van der Waals surface area (Å²) in [5.74, 6) is 2.51. The van der Waals surface area contributed by atoms with Crippen LogP contribution in [0.25, 0.3) is 0 Å². The van der Waals surface area contributed by atoms with Gasteiger partial charge in [0.15, 0.2) is 0 Å². The van der Waals surface area contributed by atoms with Gasteiger partial charge in [0.05, 0.1) is 6.10 Å². The number of nitrogens with zero attached hydrogens (tertiary/aromatic N) is 2. The molecule has 4 nitrogen and oxygen atoms in total. The molecule has 0 N–H and O–H groups in total. The second kappa shape index (κ2) is 3.53. The molecule has 4 aliphatic rings. The fraction of sp³-hybridized carbons (Fsp3) is 0.933. The van der Waals surface area contributed by atoms with E-state index in [1.165, 1.54) is 19.3 Å². The molecule has 2 saturated carbocycles. The van der Waals surface area contributed by atoms with Crippen molar-refractivity contribution in [3.8, 4) is 0 Å². The Morgan fingerprint density at radius 2 is 2.00 bits per heavy atom. The molecule has 2 aliphatic heterocycles. The highest BCUT2D eigenvalue weighted by atomic mass is 16.7. The maximum atomic E-state index is 12.7. The lowest BCUT2D eigenvalue weighted by atomic mass is 9.82. The average molecular weight is 264 g/mol. The molecule has 4 rings (SSSR count). The summed E-state index contributed by atoms with van der Waals surface area (Å²) in [6.07, 6.45) is 4.21. The quantitative estimate of drug-likeness (QED) is 0.725. The van der Waals surface area contributed by atoms with E-state index in [4.69, 9.17) is 4.84 Å². The summed E-state index contributed by atoms with van der Waals surface area (Å²) in [5, 5.41) is 2.07. The Hall–Kier alpha value is -0.610. The maximum absolute atomic E-state index is 12.7. The molecule has 0 aromatic carbocycles. The van der Waals surface area contributed by atoms with Crippen LogP contribution in [0.4, 0.5) is 0 Å². The van der Waals surface area contributed by atoms with E-state index in [0.717, 1.165) is 5.92 Å². The van der Waals surface area contributed by atoms with Gasteiger partial charge >= 0.3 is 0 Å². The number of hydroxylamine groups is 2. The van der Waals surface area contributed by atoms with Crippen molar-refractivity contribution in [2.45, 2.75) is 57.8 Å². The normalized spacial score (nSPS) is 52.4. The number of amides is 1. The van der Waals surface area contributed by atoms with Crippen molar-refractivity contribution in [1.29, 1.82) is 0 Å². The van der Waals surface area contributed by atoms with Crippen molar-refractivity contribution in [3.05, 3.63) is 0 Å². The van der Waals surface area contributed by atoms with Crippen molar-refractivity contribution < 1.29 is 9.63 Å². The van der Waals surface area contributed by atoms with E-state index < -0.39 is 0 Å². The molecular weight excluding hydrogens is 240 g/mol. The highest BCUT2D eigenvalue weighted by molar-refractivity contribution is 5.85. The molecule has 0 unspecified atom stereocenters. The lowest BCUT2D eigenvalue weighted by Gasteiger charge is -2.41. The van der Waals surface area contributed by atoms with Crippen molar-refractivity contribution >= 4 is 5.91 Å². The SMILES string of the molecule is CC(C)[C@@]1(C)N(C)C(=O)[C@@H]2[C@H]3[C@@H]4CC[C@@H](C4)[C@H]3ON21. The van der Waals surface area contributed by atoms with E-state index in [0.29, 0.717) is 23.9 Å². The van der Waals surface area contributed by atoms with Gasteiger partial charge in [0, 0.05) is 13.0 Å². The van der Waals surface area contributed by atoms with Crippen LogP contribution in [-0.2, 0) is 9.63 Å². The number of carbonyl (C=O) groups is 1.